The van der Waals surface area contributed by atoms with E-state index in [1.54, 1.807) is 0 Å². The Morgan fingerprint density at radius 2 is 2.24 bits per heavy atom. The van der Waals surface area contributed by atoms with E-state index in [0.717, 1.165) is 28.4 Å². The molecule has 5 nitrogen and oxygen atoms in total. The van der Waals surface area contributed by atoms with Crippen LogP contribution in [-0.2, 0) is 27.3 Å². The Morgan fingerprint density at radius 1 is 1.53 bits per heavy atom. The second-order valence-electron chi connectivity index (χ2n) is 3.82. The summed E-state index contributed by atoms with van der Waals surface area (Å²) < 4.78 is 29.2. The largest absolute Gasteiger partial charge is 0.271 e. The number of hydrogen-bond acceptors (Lipinski definition) is 4. The van der Waals surface area contributed by atoms with Crippen molar-refractivity contribution in [3.05, 3.63) is 15.5 Å². The highest BCUT2D eigenvalue weighted by Crippen LogP contribution is 2.12. The molecule has 98 valence electrons. The zero-order valence-electron chi connectivity index (χ0n) is 10.0. The molecule has 0 aliphatic carbocycles. The van der Waals surface area contributed by atoms with E-state index in [9.17, 15) is 8.42 Å². The van der Waals surface area contributed by atoms with Gasteiger partial charge in [-0.05, 0) is 35.4 Å². The third-order valence-corrected chi connectivity index (χ3v) is 3.60. The lowest BCUT2D eigenvalue weighted by atomic mass is 10.3. The molecule has 0 N–H and O–H groups in total. The van der Waals surface area contributed by atoms with Crippen LogP contribution in [0.15, 0.2) is 6.20 Å². The van der Waals surface area contributed by atoms with Gasteiger partial charge in [-0.1, -0.05) is 13.3 Å². The van der Waals surface area contributed by atoms with Gasteiger partial charge >= 0.3 is 0 Å². The van der Waals surface area contributed by atoms with E-state index < -0.39 is 10.1 Å². The SMILES string of the molecule is CCCc1nn(CCCOS(C)(=O)=O)cc1I. The summed E-state index contributed by atoms with van der Waals surface area (Å²) in [6.45, 7) is 3.00. The summed E-state index contributed by atoms with van der Waals surface area (Å²) in [7, 11) is -3.32. The first kappa shape index (κ1) is 14.9. The molecular formula is C10H17IN2O3S. The minimum Gasteiger partial charge on any atom is -0.271 e. The molecule has 0 radical (unpaired) electrons. The number of aromatic nitrogens is 2. The molecule has 7 heteroatoms. The summed E-state index contributed by atoms with van der Waals surface area (Å²) in [5.41, 5.74) is 1.11. The second-order valence-corrected chi connectivity index (χ2v) is 6.62. The van der Waals surface area contributed by atoms with Crippen LogP contribution < -0.4 is 0 Å². The van der Waals surface area contributed by atoms with E-state index in [2.05, 4.69) is 38.8 Å². The van der Waals surface area contributed by atoms with Crippen LogP contribution in [0.25, 0.3) is 0 Å². The number of rotatable bonds is 7. The molecule has 0 saturated heterocycles. The van der Waals surface area contributed by atoms with Gasteiger partial charge in [-0.15, -0.1) is 0 Å². The minimum atomic E-state index is -3.32. The van der Waals surface area contributed by atoms with Crippen LogP contribution in [0.1, 0.15) is 25.5 Å². The first-order valence-corrected chi connectivity index (χ1v) is 8.38. The molecule has 17 heavy (non-hydrogen) atoms. The molecule has 0 amide bonds. The molecule has 0 aliphatic rings. The molecule has 0 atom stereocenters. The number of halogens is 1. The van der Waals surface area contributed by atoms with E-state index in [0.29, 0.717) is 13.0 Å². The molecule has 0 bridgehead atoms. The van der Waals surface area contributed by atoms with Crippen molar-refractivity contribution in [2.75, 3.05) is 12.9 Å². The van der Waals surface area contributed by atoms with Crippen LogP contribution >= 0.6 is 22.6 Å². The van der Waals surface area contributed by atoms with Crippen molar-refractivity contribution in [3.63, 3.8) is 0 Å². The van der Waals surface area contributed by atoms with Crippen molar-refractivity contribution < 1.29 is 12.6 Å². The molecule has 0 aliphatic heterocycles. The van der Waals surface area contributed by atoms with Gasteiger partial charge in [0.2, 0.25) is 0 Å². The van der Waals surface area contributed by atoms with E-state index in [1.165, 1.54) is 0 Å². The molecule has 1 heterocycles. The van der Waals surface area contributed by atoms with Crippen molar-refractivity contribution in [3.8, 4) is 0 Å². The Labute approximate surface area is 116 Å². The van der Waals surface area contributed by atoms with Gasteiger partial charge in [-0.25, -0.2) is 0 Å². The second kappa shape index (κ2) is 6.69. The molecular weight excluding hydrogens is 355 g/mol. The Morgan fingerprint density at radius 3 is 2.82 bits per heavy atom. The topological polar surface area (TPSA) is 61.2 Å². The first-order valence-electron chi connectivity index (χ1n) is 5.48. The van der Waals surface area contributed by atoms with Crippen molar-refractivity contribution in [2.24, 2.45) is 0 Å². The average molecular weight is 372 g/mol. The monoisotopic (exact) mass is 372 g/mol. The summed E-state index contributed by atoms with van der Waals surface area (Å²) in [6, 6.07) is 0. The van der Waals surface area contributed by atoms with Crippen LogP contribution in [0.3, 0.4) is 0 Å². The maximum atomic E-state index is 10.7. The van der Waals surface area contributed by atoms with Crippen molar-refractivity contribution in [2.45, 2.75) is 32.7 Å². The summed E-state index contributed by atoms with van der Waals surface area (Å²) in [6.07, 6.45) is 5.72. The Bertz CT molecular complexity index is 456. The smallest absolute Gasteiger partial charge is 0.264 e. The van der Waals surface area contributed by atoms with Gasteiger partial charge in [0.05, 0.1) is 22.1 Å². The predicted molar refractivity (Wildman–Crippen MR) is 74.4 cm³/mol. The fourth-order valence-corrected chi connectivity index (χ4v) is 2.51. The highest BCUT2D eigenvalue weighted by atomic mass is 127. The Balaban J connectivity index is 2.39. The molecule has 0 saturated carbocycles. The van der Waals surface area contributed by atoms with Crippen LogP contribution in [0.4, 0.5) is 0 Å². The predicted octanol–water partition coefficient (Wildman–Crippen LogP) is 1.81. The third-order valence-electron chi connectivity index (χ3n) is 2.10. The molecule has 0 aromatic carbocycles. The van der Waals surface area contributed by atoms with Gasteiger partial charge in [0.15, 0.2) is 0 Å². The van der Waals surface area contributed by atoms with Gasteiger partial charge in [0.1, 0.15) is 0 Å². The first-order chi connectivity index (χ1) is 7.92. The van der Waals surface area contributed by atoms with Crippen LogP contribution in [0.5, 0.6) is 0 Å². The van der Waals surface area contributed by atoms with Crippen LogP contribution in [0.2, 0.25) is 0 Å². The normalized spacial score (nSPS) is 11.9. The zero-order valence-corrected chi connectivity index (χ0v) is 13.0. The van der Waals surface area contributed by atoms with Crippen molar-refractivity contribution in [1.82, 2.24) is 9.78 Å². The van der Waals surface area contributed by atoms with E-state index in [-0.39, 0.29) is 6.61 Å². The van der Waals surface area contributed by atoms with Gasteiger partial charge < -0.3 is 0 Å². The van der Waals surface area contributed by atoms with Gasteiger partial charge in [0.25, 0.3) is 10.1 Å². The minimum absolute atomic E-state index is 0.207. The van der Waals surface area contributed by atoms with E-state index in [4.69, 9.17) is 0 Å². The van der Waals surface area contributed by atoms with E-state index in [1.807, 2.05) is 10.9 Å². The summed E-state index contributed by atoms with van der Waals surface area (Å²) >= 11 is 2.27. The maximum Gasteiger partial charge on any atom is 0.264 e. The third kappa shape index (κ3) is 5.82. The lowest BCUT2D eigenvalue weighted by Crippen LogP contribution is -2.07. The molecule has 0 unspecified atom stereocenters. The van der Waals surface area contributed by atoms with Gasteiger partial charge in [-0.3, -0.25) is 8.86 Å². The van der Waals surface area contributed by atoms with Crippen LogP contribution in [0, 0.1) is 3.57 Å². The lowest BCUT2D eigenvalue weighted by molar-refractivity contribution is 0.304. The standard InChI is InChI=1S/C10H17IN2O3S/c1-3-5-10-9(11)8-13(12-10)6-4-7-16-17(2,14)15/h8H,3-7H2,1-2H3. The summed E-state index contributed by atoms with van der Waals surface area (Å²) in [5.74, 6) is 0. The zero-order chi connectivity index (χ0) is 12.9. The van der Waals surface area contributed by atoms with Gasteiger partial charge in [-0.2, -0.15) is 13.5 Å². The molecule has 1 rings (SSSR count). The molecule has 1 aromatic heterocycles. The highest BCUT2D eigenvalue weighted by Gasteiger charge is 2.06. The highest BCUT2D eigenvalue weighted by molar-refractivity contribution is 14.1. The number of nitrogens with zero attached hydrogens (tertiary/aromatic N) is 2. The average Bonchev–Trinajstić information content (AvgIpc) is 2.54. The molecule has 0 spiro atoms. The quantitative estimate of drug-likeness (QED) is 0.416. The maximum absolute atomic E-state index is 10.7. The molecule has 0 fully saturated rings. The summed E-state index contributed by atoms with van der Waals surface area (Å²) in [5, 5.41) is 4.44. The fourth-order valence-electron chi connectivity index (χ4n) is 1.39. The molecule has 1 aromatic rings. The number of hydrogen-bond donors (Lipinski definition) is 0. The van der Waals surface area contributed by atoms with Crippen LogP contribution in [-0.4, -0.2) is 31.1 Å². The summed E-state index contributed by atoms with van der Waals surface area (Å²) in [4.78, 5) is 0. The Hall–Kier alpha value is -0.150. The number of aryl methyl sites for hydroxylation is 2. The fraction of sp³-hybridized carbons (Fsp3) is 0.700. The van der Waals surface area contributed by atoms with E-state index >= 15 is 0 Å². The van der Waals surface area contributed by atoms with Crippen molar-refractivity contribution in [1.29, 1.82) is 0 Å². The Kier molecular flexibility index (Phi) is 5.87. The lowest BCUT2D eigenvalue weighted by Gasteiger charge is -2.01. The van der Waals surface area contributed by atoms with Crippen molar-refractivity contribution >= 4 is 32.7 Å². The van der Waals surface area contributed by atoms with Gasteiger partial charge in [0, 0.05) is 12.7 Å².